The summed E-state index contributed by atoms with van der Waals surface area (Å²) < 4.78 is 6.05. The van der Waals surface area contributed by atoms with E-state index in [1.165, 1.54) is 0 Å². The van der Waals surface area contributed by atoms with E-state index in [4.69, 9.17) is 9.36 Å². The Balaban J connectivity index is 1.58. The third kappa shape index (κ3) is 3.56. The molecule has 0 N–H and O–H groups in total. The van der Waals surface area contributed by atoms with Crippen molar-refractivity contribution in [2.75, 3.05) is 0 Å². The van der Waals surface area contributed by atoms with Crippen LogP contribution in [-0.2, 0) is 11.4 Å². The van der Waals surface area contributed by atoms with E-state index in [-0.39, 0.29) is 6.61 Å². The number of nitrogens with zero attached hydrogens (tertiary/aromatic N) is 3. The van der Waals surface area contributed by atoms with Gasteiger partial charge < -0.3 is 9.36 Å². The highest BCUT2D eigenvalue weighted by Gasteiger charge is 2.08. The molecule has 0 amide bonds. The summed E-state index contributed by atoms with van der Waals surface area (Å²) in [4.78, 5) is 9.40. The van der Waals surface area contributed by atoms with E-state index >= 15 is 0 Å². The molecule has 2 heterocycles. The van der Waals surface area contributed by atoms with Gasteiger partial charge in [0.15, 0.2) is 6.61 Å². The molecule has 3 rings (SSSR count). The Labute approximate surface area is 133 Å². The topological polar surface area (TPSA) is 60.5 Å². The summed E-state index contributed by atoms with van der Waals surface area (Å²) >= 11 is 5.02. The fraction of sp³-hybridized carbons (Fsp3) is 0.0714. The zero-order valence-electron chi connectivity index (χ0n) is 10.8. The molecule has 0 aliphatic rings. The lowest BCUT2D eigenvalue weighted by Gasteiger charge is -1.96. The maximum absolute atomic E-state index is 5.16. The van der Waals surface area contributed by atoms with Crippen LogP contribution in [0.2, 0.25) is 0 Å². The van der Waals surface area contributed by atoms with Gasteiger partial charge in [-0.3, -0.25) is 0 Å². The SMILES string of the molecule is Brc1ccccc1/C=N\OCc1nc(-c2ccsc2)no1. The first-order valence-electron chi connectivity index (χ1n) is 6.08. The van der Waals surface area contributed by atoms with Crippen LogP contribution >= 0.6 is 27.3 Å². The number of oxime groups is 1. The third-order valence-electron chi connectivity index (χ3n) is 2.61. The molecule has 0 aliphatic heterocycles. The van der Waals surface area contributed by atoms with Gasteiger partial charge in [0.25, 0.3) is 5.89 Å². The average Bonchev–Trinajstić information content (AvgIpc) is 3.16. The number of rotatable bonds is 5. The largest absolute Gasteiger partial charge is 0.386 e. The first-order valence-corrected chi connectivity index (χ1v) is 7.81. The number of hydrogen-bond donors (Lipinski definition) is 0. The lowest BCUT2D eigenvalue weighted by Crippen LogP contribution is -1.89. The van der Waals surface area contributed by atoms with Crippen molar-refractivity contribution in [1.82, 2.24) is 10.1 Å². The lowest BCUT2D eigenvalue weighted by atomic mass is 10.2. The maximum Gasteiger partial charge on any atom is 0.267 e. The van der Waals surface area contributed by atoms with Crippen LogP contribution in [0.1, 0.15) is 11.5 Å². The fourth-order valence-electron chi connectivity index (χ4n) is 1.59. The summed E-state index contributed by atoms with van der Waals surface area (Å²) in [6.07, 6.45) is 1.63. The Morgan fingerprint density at radius 3 is 3.05 bits per heavy atom. The van der Waals surface area contributed by atoms with E-state index in [0.717, 1.165) is 15.6 Å². The summed E-state index contributed by atoms with van der Waals surface area (Å²) in [7, 11) is 0. The molecule has 106 valence electrons. The van der Waals surface area contributed by atoms with Crippen LogP contribution in [-0.4, -0.2) is 16.4 Å². The van der Waals surface area contributed by atoms with Gasteiger partial charge in [-0.1, -0.05) is 44.4 Å². The second-order valence-corrected chi connectivity index (χ2v) is 5.69. The van der Waals surface area contributed by atoms with Gasteiger partial charge in [-0.15, -0.1) is 0 Å². The van der Waals surface area contributed by atoms with E-state index < -0.39 is 0 Å². The van der Waals surface area contributed by atoms with Crippen LogP contribution in [0.25, 0.3) is 11.4 Å². The summed E-state index contributed by atoms with van der Waals surface area (Å²) in [5.41, 5.74) is 1.87. The predicted octanol–water partition coefficient (Wildman–Crippen LogP) is 4.11. The van der Waals surface area contributed by atoms with Crippen molar-refractivity contribution < 1.29 is 9.36 Å². The molecule has 0 unspecified atom stereocenters. The van der Waals surface area contributed by atoms with Gasteiger partial charge in [0.2, 0.25) is 5.82 Å². The smallest absolute Gasteiger partial charge is 0.267 e. The number of aromatic nitrogens is 2. The molecule has 0 saturated heterocycles. The second kappa shape index (κ2) is 6.64. The first kappa shape index (κ1) is 14.0. The molecule has 5 nitrogen and oxygen atoms in total. The van der Waals surface area contributed by atoms with Crippen LogP contribution in [0, 0.1) is 0 Å². The van der Waals surface area contributed by atoms with Gasteiger partial charge in [0.1, 0.15) is 0 Å². The molecule has 1 aromatic carbocycles. The fourth-order valence-corrected chi connectivity index (χ4v) is 2.61. The van der Waals surface area contributed by atoms with Crippen molar-refractivity contribution in [3.8, 4) is 11.4 Å². The Kier molecular flexibility index (Phi) is 4.42. The summed E-state index contributed by atoms with van der Waals surface area (Å²) in [5.74, 6) is 0.949. The number of halogens is 1. The van der Waals surface area contributed by atoms with Crippen molar-refractivity contribution in [2.45, 2.75) is 6.61 Å². The Morgan fingerprint density at radius 1 is 1.33 bits per heavy atom. The standard InChI is InChI=1S/C14H10BrN3O2S/c15-12-4-2-1-3-10(12)7-16-19-8-13-17-14(18-20-13)11-5-6-21-9-11/h1-7,9H,8H2/b16-7-. The van der Waals surface area contributed by atoms with Gasteiger partial charge >= 0.3 is 0 Å². The van der Waals surface area contributed by atoms with Crippen LogP contribution in [0.5, 0.6) is 0 Å². The van der Waals surface area contributed by atoms with Crippen molar-refractivity contribution >= 4 is 33.5 Å². The minimum atomic E-state index is 0.137. The van der Waals surface area contributed by atoms with E-state index in [1.807, 2.05) is 41.1 Å². The molecule has 0 fully saturated rings. The van der Waals surface area contributed by atoms with Gasteiger partial charge in [-0.05, 0) is 17.5 Å². The third-order valence-corrected chi connectivity index (χ3v) is 4.01. The average molecular weight is 364 g/mol. The number of benzene rings is 1. The van der Waals surface area contributed by atoms with Gasteiger partial charge in [0, 0.05) is 21.0 Å². The summed E-state index contributed by atoms with van der Waals surface area (Å²) in [6.45, 7) is 0.137. The second-order valence-electron chi connectivity index (χ2n) is 4.05. The van der Waals surface area contributed by atoms with E-state index in [2.05, 4.69) is 31.2 Å². The minimum Gasteiger partial charge on any atom is -0.386 e. The molecule has 0 bridgehead atoms. The predicted molar refractivity (Wildman–Crippen MR) is 84.1 cm³/mol. The minimum absolute atomic E-state index is 0.137. The molecule has 2 aromatic heterocycles. The monoisotopic (exact) mass is 363 g/mol. The normalized spacial score (nSPS) is 11.1. The zero-order valence-corrected chi connectivity index (χ0v) is 13.2. The van der Waals surface area contributed by atoms with Gasteiger partial charge in [-0.2, -0.15) is 16.3 Å². The molecular formula is C14H10BrN3O2S. The Bertz CT molecular complexity index is 740. The van der Waals surface area contributed by atoms with Crippen LogP contribution in [0.15, 0.2) is 55.2 Å². The molecule has 3 aromatic rings. The zero-order chi connectivity index (χ0) is 14.5. The van der Waals surface area contributed by atoms with E-state index in [9.17, 15) is 0 Å². The van der Waals surface area contributed by atoms with E-state index in [1.54, 1.807) is 17.6 Å². The maximum atomic E-state index is 5.16. The Hall–Kier alpha value is -1.99. The highest BCUT2D eigenvalue weighted by molar-refractivity contribution is 9.10. The van der Waals surface area contributed by atoms with Crippen molar-refractivity contribution in [3.63, 3.8) is 0 Å². The molecule has 0 radical (unpaired) electrons. The summed E-state index contributed by atoms with van der Waals surface area (Å²) in [6, 6.07) is 9.67. The highest BCUT2D eigenvalue weighted by atomic mass is 79.9. The first-order chi connectivity index (χ1) is 10.3. The molecule has 0 aliphatic carbocycles. The lowest BCUT2D eigenvalue weighted by molar-refractivity contribution is 0.107. The molecule has 0 atom stereocenters. The van der Waals surface area contributed by atoms with Crippen molar-refractivity contribution in [3.05, 3.63) is 57.0 Å². The van der Waals surface area contributed by atoms with E-state index in [0.29, 0.717) is 11.7 Å². The van der Waals surface area contributed by atoms with Crippen molar-refractivity contribution in [1.29, 1.82) is 0 Å². The molecular weight excluding hydrogens is 354 g/mol. The quantitative estimate of drug-likeness (QED) is 0.505. The number of hydrogen-bond acceptors (Lipinski definition) is 6. The Morgan fingerprint density at radius 2 is 2.24 bits per heavy atom. The van der Waals surface area contributed by atoms with Crippen LogP contribution in [0.3, 0.4) is 0 Å². The molecule has 21 heavy (non-hydrogen) atoms. The number of thiophene rings is 1. The summed E-state index contributed by atoms with van der Waals surface area (Å²) in [5, 5.41) is 11.7. The van der Waals surface area contributed by atoms with Gasteiger partial charge in [0.05, 0.1) is 6.21 Å². The van der Waals surface area contributed by atoms with Crippen molar-refractivity contribution in [2.24, 2.45) is 5.16 Å². The van der Waals surface area contributed by atoms with Crippen LogP contribution < -0.4 is 0 Å². The molecule has 0 spiro atoms. The molecule has 7 heteroatoms. The van der Waals surface area contributed by atoms with Gasteiger partial charge in [-0.25, -0.2) is 0 Å². The molecule has 0 saturated carbocycles. The highest BCUT2D eigenvalue weighted by Crippen LogP contribution is 2.19. The van der Waals surface area contributed by atoms with Crippen LogP contribution in [0.4, 0.5) is 0 Å².